The summed E-state index contributed by atoms with van der Waals surface area (Å²) in [5, 5.41) is 6.21. The summed E-state index contributed by atoms with van der Waals surface area (Å²) in [6, 6.07) is 14.6. The summed E-state index contributed by atoms with van der Waals surface area (Å²) in [5.41, 5.74) is 8.28. The largest absolute Gasteiger partial charge is 0.465 e. The minimum atomic E-state index is -0.450. The van der Waals surface area contributed by atoms with Gasteiger partial charge in [0.1, 0.15) is 12.0 Å². The minimum absolute atomic E-state index is 0.329. The van der Waals surface area contributed by atoms with Crippen LogP contribution >= 0.6 is 15.9 Å². The molecule has 0 atom stereocenters. The summed E-state index contributed by atoms with van der Waals surface area (Å²) in [7, 11) is 1.33. The standard InChI is InChI=1S/C18H16BrN5O2/c1-26-18(25)13-4-2-3-5-14(13)24-17-15(20)16(21-10-22-17)23-12-8-6-11(19)7-9-12/h2-10H,20H2,1H3,(H2,21,22,23,24). The van der Waals surface area contributed by atoms with Crippen LogP contribution in [0.1, 0.15) is 10.4 Å². The fraction of sp³-hybridized carbons (Fsp3) is 0.0556. The fourth-order valence-corrected chi connectivity index (χ4v) is 2.54. The number of aromatic nitrogens is 2. The molecule has 4 N–H and O–H groups in total. The lowest BCUT2D eigenvalue weighted by molar-refractivity contribution is 0.0602. The predicted octanol–water partition coefficient (Wildman–Crippen LogP) is 4.10. The summed E-state index contributed by atoms with van der Waals surface area (Å²) < 4.78 is 5.77. The molecule has 3 rings (SSSR count). The second-order valence-corrected chi connectivity index (χ2v) is 6.19. The molecular weight excluding hydrogens is 398 g/mol. The molecule has 0 unspecified atom stereocenters. The summed E-state index contributed by atoms with van der Waals surface area (Å²) in [6.45, 7) is 0. The molecule has 0 aliphatic rings. The second kappa shape index (κ2) is 7.83. The number of halogens is 1. The maximum Gasteiger partial charge on any atom is 0.339 e. The Kier molecular flexibility index (Phi) is 5.33. The first-order valence-corrected chi connectivity index (χ1v) is 8.45. The van der Waals surface area contributed by atoms with Crippen LogP contribution in [-0.4, -0.2) is 23.0 Å². The van der Waals surface area contributed by atoms with Crippen LogP contribution in [0.25, 0.3) is 0 Å². The summed E-state index contributed by atoms with van der Waals surface area (Å²) in [6.07, 6.45) is 1.39. The van der Waals surface area contributed by atoms with Crippen LogP contribution in [0.5, 0.6) is 0 Å². The third-order valence-electron chi connectivity index (χ3n) is 3.58. The Balaban J connectivity index is 1.88. The number of nitrogen functional groups attached to an aromatic ring is 1. The second-order valence-electron chi connectivity index (χ2n) is 5.28. The number of anilines is 5. The maximum absolute atomic E-state index is 11.9. The minimum Gasteiger partial charge on any atom is -0.465 e. The van der Waals surface area contributed by atoms with Crippen LogP contribution in [-0.2, 0) is 4.74 Å². The van der Waals surface area contributed by atoms with Gasteiger partial charge in [-0.2, -0.15) is 0 Å². The van der Waals surface area contributed by atoms with Gasteiger partial charge >= 0.3 is 5.97 Å². The van der Waals surface area contributed by atoms with Crippen LogP contribution in [0.2, 0.25) is 0 Å². The highest BCUT2D eigenvalue weighted by molar-refractivity contribution is 9.10. The molecule has 0 fully saturated rings. The van der Waals surface area contributed by atoms with Crippen LogP contribution < -0.4 is 16.4 Å². The van der Waals surface area contributed by atoms with Gasteiger partial charge in [-0.3, -0.25) is 0 Å². The third kappa shape index (κ3) is 3.92. The Morgan fingerprint density at radius 3 is 2.38 bits per heavy atom. The average Bonchev–Trinajstić information content (AvgIpc) is 2.66. The fourth-order valence-electron chi connectivity index (χ4n) is 2.27. The van der Waals surface area contributed by atoms with Crippen LogP contribution in [0.4, 0.5) is 28.7 Å². The molecule has 26 heavy (non-hydrogen) atoms. The van der Waals surface area contributed by atoms with E-state index < -0.39 is 5.97 Å². The molecule has 7 nitrogen and oxygen atoms in total. The smallest absolute Gasteiger partial charge is 0.339 e. The molecule has 0 spiro atoms. The molecule has 0 radical (unpaired) electrons. The molecule has 0 saturated carbocycles. The number of ether oxygens (including phenoxy) is 1. The highest BCUT2D eigenvalue weighted by atomic mass is 79.9. The number of esters is 1. The molecule has 132 valence electrons. The van der Waals surface area contributed by atoms with Crippen molar-refractivity contribution in [3.63, 3.8) is 0 Å². The van der Waals surface area contributed by atoms with Crippen molar-refractivity contribution in [1.29, 1.82) is 0 Å². The van der Waals surface area contributed by atoms with E-state index in [0.717, 1.165) is 10.2 Å². The zero-order valence-corrected chi connectivity index (χ0v) is 15.4. The van der Waals surface area contributed by atoms with Gasteiger partial charge in [0.2, 0.25) is 0 Å². The lowest BCUT2D eigenvalue weighted by Gasteiger charge is -2.14. The SMILES string of the molecule is COC(=O)c1ccccc1Nc1ncnc(Nc2ccc(Br)cc2)c1N. The predicted molar refractivity (Wildman–Crippen MR) is 105 cm³/mol. The van der Waals surface area contributed by atoms with E-state index in [9.17, 15) is 4.79 Å². The first-order chi connectivity index (χ1) is 12.6. The Bertz CT molecular complexity index is 931. The van der Waals surface area contributed by atoms with Gasteiger partial charge in [0.15, 0.2) is 11.6 Å². The van der Waals surface area contributed by atoms with E-state index in [1.807, 2.05) is 24.3 Å². The molecule has 3 aromatic rings. The van der Waals surface area contributed by atoms with Gasteiger partial charge < -0.3 is 21.1 Å². The third-order valence-corrected chi connectivity index (χ3v) is 4.10. The number of nitrogens with two attached hydrogens (primary N) is 1. The van der Waals surface area contributed by atoms with E-state index in [-0.39, 0.29) is 0 Å². The molecular formula is C18H16BrN5O2. The van der Waals surface area contributed by atoms with Crippen molar-refractivity contribution >= 4 is 50.6 Å². The van der Waals surface area contributed by atoms with Crippen molar-refractivity contribution in [2.45, 2.75) is 0 Å². The van der Waals surface area contributed by atoms with Gasteiger partial charge in [0.25, 0.3) is 0 Å². The average molecular weight is 414 g/mol. The van der Waals surface area contributed by atoms with Crippen molar-refractivity contribution < 1.29 is 9.53 Å². The monoisotopic (exact) mass is 413 g/mol. The topological polar surface area (TPSA) is 102 Å². The number of methoxy groups -OCH3 is 1. The molecule has 0 saturated heterocycles. The zero-order chi connectivity index (χ0) is 18.5. The van der Waals surface area contributed by atoms with Gasteiger partial charge in [-0.1, -0.05) is 28.1 Å². The zero-order valence-electron chi connectivity index (χ0n) is 13.9. The Morgan fingerprint density at radius 2 is 1.69 bits per heavy atom. The van der Waals surface area contributed by atoms with Gasteiger partial charge in [-0.15, -0.1) is 0 Å². The van der Waals surface area contributed by atoms with Crippen LogP contribution in [0.15, 0.2) is 59.3 Å². The van der Waals surface area contributed by atoms with Crippen molar-refractivity contribution in [3.05, 3.63) is 64.9 Å². The Hall–Kier alpha value is -3.13. The number of carbonyl (C=O) groups is 1. The highest BCUT2D eigenvalue weighted by Crippen LogP contribution is 2.29. The number of hydrogen-bond donors (Lipinski definition) is 3. The highest BCUT2D eigenvalue weighted by Gasteiger charge is 2.14. The van der Waals surface area contributed by atoms with E-state index in [4.69, 9.17) is 10.5 Å². The molecule has 1 aromatic heterocycles. The molecule has 0 aliphatic heterocycles. The molecule has 8 heteroatoms. The molecule has 0 amide bonds. The quantitative estimate of drug-likeness (QED) is 0.541. The van der Waals surface area contributed by atoms with Crippen molar-refractivity contribution in [2.75, 3.05) is 23.5 Å². The molecule has 1 heterocycles. The number of carbonyl (C=O) groups excluding carboxylic acids is 1. The van der Waals surface area contributed by atoms with Gasteiger partial charge in [0.05, 0.1) is 18.4 Å². The Morgan fingerprint density at radius 1 is 1.04 bits per heavy atom. The summed E-state index contributed by atoms with van der Waals surface area (Å²) in [5.74, 6) is 0.394. The van der Waals surface area contributed by atoms with E-state index in [1.54, 1.807) is 24.3 Å². The van der Waals surface area contributed by atoms with Gasteiger partial charge in [-0.25, -0.2) is 14.8 Å². The number of hydrogen-bond acceptors (Lipinski definition) is 7. The number of benzene rings is 2. The summed E-state index contributed by atoms with van der Waals surface area (Å²) >= 11 is 3.39. The van der Waals surface area contributed by atoms with E-state index in [0.29, 0.717) is 28.6 Å². The van der Waals surface area contributed by atoms with Crippen molar-refractivity contribution in [2.24, 2.45) is 0 Å². The van der Waals surface area contributed by atoms with Gasteiger partial charge in [-0.05, 0) is 36.4 Å². The van der Waals surface area contributed by atoms with Crippen LogP contribution in [0.3, 0.4) is 0 Å². The number of rotatable bonds is 5. The lowest BCUT2D eigenvalue weighted by atomic mass is 10.2. The normalized spacial score (nSPS) is 10.2. The molecule has 2 aromatic carbocycles. The van der Waals surface area contributed by atoms with E-state index in [2.05, 4.69) is 36.5 Å². The van der Waals surface area contributed by atoms with E-state index in [1.165, 1.54) is 13.4 Å². The first kappa shape index (κ1) is 17.7. The van der Waals surface area contributed by atoms with Crippen molar-refractivity contribution in [3.8, 4) is 0 Å². The Labute approximate surface area is 158 Å². The van der Waals surface area contributed by atoms with E-state index >= 15 is 0 Å². The van der Waals surface area contributed by atoms with Crippen molar-refractivity contribution in [1.82, 2.24) is 9.97 Å². The first-order valence-electron chi connectivity index (χ1n) is 7.66. The number of nitrogens with one attached hydrogen (secondary N) is 2. The molecule has 0 aliphatic carbocycles. The summed E-state index contributed by atoms with van der Waals surface area (Å²) in [4.78, 5) is 20.3. The molecule has 0 bridgehead atoms. The maximum atomic E-state index is 11.9. The van der Waals surface area contributed by atoms with Crippen LogP contribution in [0, 0.1) is 0 Å². The lowest BCUT2D eigenvalue weighted by Crippen LogP contribution is -2.09. The number of nitrogens with zero attached hydrogens (tertiary/aromatic N) is 2. The van der Waals surface area contributed by atoms with Gasteiger partial charge in [0, 0.05) is 10.2 Å². The number of para-hydroxylation sites is 1.